The Morgan fingerprint density at radius 3 is 2.94 bits per heavy atom. The summed E-state index contributed by atoms with van der Waals surface area (Å²) in [6.45, 7) is 4.66. The molecule has 2 rings (SSSR count). The first kappa shape index (κ1) is 10.6. The van der Waals surface area contributed by atoms with Crippen LogP contribution in [0.2, 0.25) is 0 Å². The van der Waals surface area contributed by atoms with Gasteiger partial charge in [-0.05, 0) is 18.1 Å². The zero-order valence-corrected chi connectivity index (χ0v) is 9.21. The normalized spacial score (nSPS) is 11.2. The maximum atomic E-state index is 11.1. The lowest BCUT2D eigenvalue weighted by Crippen LogP contribution is -2.13. The lowest BCUT2D eigenvalue weighted by atomic mass is 10.2. The van der Waals surface area contributed by atoms with Crippen molar-refractivity contribution >= 4 is 17.1 Å². The van der Waals surface area contributed by atoms with Gasteiger partial charge in [0.1, 0.15) is 5.52 Å². The van der Waals surface area contributed by atoms with Crippen LogP contribution in [-0.2, 0) is 6.54 Å². The number of fused-ring (bicyclic) bond motifs is 1. The second-order valence-corrected chi connectivity index (χ2v) is 4.09. The first-order chi connectivity index (χ1) is 7.59. The summed E-state index contributed by atoms with van der Waals surface area (Å²) in [4.78, 5) is 19.3. The number of hydrogen-bond acceptors (Lipinski definition) is 3. The molecule has 0 aromatic carbocycles. The van der Waals surface area contributed by atoms with Gasteiger partial charge in [0.25, 0.3) is 0 Å². The van der Waals surface area contributed by atoms with Crippen LogP contribution in [0.5, 0.6) is 0 Å². The van der Waals surface area contributed by atoms with Crippen molar-refractivity contribution in [2.45, 2.75) is 20.4 Å². The zero-order valence-electron chi connectivity index (χ0n) is 9.21. The molecule has 84 valence electrons. The molecule has 0 atom stereocenters. The number of pyridine rings is 1. The molecule has 2 aromatic heterocycles. The van der Waals surface area contributed by atoms with E-state index >= 15 is 0 Å². The van der Waals surface area contributed by atoms with Crippen molar-refractivity contribution in [3.8, 4) is 0 Å². The van der Waals surface area contributed by atoms with Gasteiger partial charge in [-0.3, -0.25) is 0 Å². The second-order valence-electron chi connectivity index (χ2n) is 4.09. The van der Waals surface area contributed by atoms with E-state index in [0.29, 0.717) is 23.6 Å². The predicted octanol–water partition coefficient (Wildman–Crippen LogP) is 1.79. The molecule has 0 radical (unpaired) electrons. The standard InChI is InChI=1S/C11H13N3O2/c1-7(2)6-14-9-8(4-3-5-12-9)13-10(14)11(15)16/h3-5,7H,6H2,1-2H3,(H,15,16). The predicted molar refractivity (Wildman–Crippen MR) is 59.3 cm³/mol. The molecular formula is C11H13N3O2. The summed E-state index contributed by atoms with van der Waals surface area (Å²) in [5.74, 6) is -0.612. The molecule has 0 aliphatic carbocycles. The first-order valence-electron chi connectivity index (χ1n) is 5.14. The third kappa shape index (κ3) is 1.76. The molecule has 0 aliphatic rings. The van der Waals surface area contributed by atoms with Gasteiger partial charge in [-0.2, -0.15) is 0 Å². The average molecular weight is 219 g/mol. The van der Waals surface area contributed by atoms with Crippen molar-refractivity contribution in [3.05, 3.63) is 24.2 Å². The summed E-state index contributed by atoms with van der Waals surface area (Å²) in [5, 5.41) is 9.07. The Kier molecular flexibility index (Phi) is 2.60. The van der Waals surface area contributed by atoms with E-state index in [-0.39, 0.29) is 5.82 Å². The summed E-state index contributed by atoms with van der Waals surface area (Å²) < 4.78 is 1.66. The molecule has 0 aliphatic heterocycles. The van der Waals surface area contributed by atoms with Gasteiger partial charge >= 0.3 is 5.97 Å². The summed E-state index contributed by atoms with van der Waals surface area (Å²) >= 11 is 0. The van der Waals surface area contributed by atoms with E-state index in [1.807, 2.05) is 13.8 Å². The number of nitrogens with zero attached hydrogens (tertiary/aromatic N) is 3. The van der Waals surface area contributed by atoms with Crippen LogP contribution >= 0.6 is 0 Å². The van der Waals surface area contributed by atoms with E-state index in [1.165, 1.54) is 0 Å². The first-order valence-corrected chi connectivity index (χ1v) is 5.14. The Morgan fingerprint density at radius 2 is 2.31 bits per heavy atom. The van der Waals surface area contributed by atoms with Gasteiger partial charge in [-0.15, -0.1) is 0 Å². The Morgan fingerprint density at radius 1 is 1.56 bits per heavy atom. The number of rotatable bonds is 3. The van der Waals surface area contributed by atoms with Crippen molar-refractivity contribution in [1.29, 1.82) is 0 Å². The molecule has 0 amide bonds. The maximum absolute atomic E-state index is 11.1. The zero-order chi connectivity index (χ0) is 11.7. The van der Waals surface area contributed by atoms with Crippen molar-refractivity contribution in [2.75, 3.05) is 0 Å². The van der Waals surface area contributed by atoms with Crippen LogP contribution in [-0.4, -0.2) is 25.6 Å². The summed E-state index contributed by atoms with van der Waals surface area (Å²) in [6, 6.07) is 3.52. The van der Waals surface area contributed by atoms with Crippen LogP contribution in [0.15, 0.2) is 18.3 Å². The van der Waals surface area contributed by atoms with E-state index in [0.717, 1.165) is 0 Å². The highest BCUT2D eigenvalue weighted by atomic mass is 16.4. The lowest BCUT2D eigenvalue weighted by Gasteiger charge is -2.08. The number of imidazole rings is 1. The van der Waals surface area contributed by atoms with Gasteiger partial charge < -0.3 is 9.67 Å². The highest BCUT2D eigenvalue weighted by molar-refractivity contribution is 5.88. The molecule has 0 fully saturated rings. The molecule has 2 heterocycles. The van der Waals surface area contributed by atoms with Gasteiger partial charge in [-0.1, -0.05) is 13.8 Å². The summed E-state index contributed by atoms with van der Waals surface area (Å²) in [7, 11) is 0. The third-order valence-electron chi connectivity index (χ3n) is 2.24. The smallest absolute Gasteiger partial charge is 0.372 e. The van der Waals surface area contributed by atoms with E-state index in [2.05, 4.69) is 9.97 Å². The number of carbonyl (C=O) groups is 1. The van der Waals surface area contributed by atoms with E-state index in [9.17, 15) is 4.79 Å². The minimum Gasteiger partial charge on any atom is -0.475 e. The van der Waals surface area contributed by atoms with Crippen molar-refractivity contribution < 1.29 is 9.90 Å². The second kappa shape index (κ2) is 3.92. The molecule has 2 aromatic rings. The molecule has 0 saturated heterocycles. The third-order valence-corrected chi connectivity index (χ3v) is 2.24. The topological polar surface area (TPSA) is 68.0 Å². The van der Waals surface area contributed by atoms with Crippen molar-refractivity contribution in [2.24, 2.45) is 5.92 Å². The number of carboxylic acids is 1. The van der Waals surface area contributed by atoms with Crippen LogP contribution in [0.4, 0.5) is 0 Å². The van der Waals surface area contributed by atoms with Crippen LogP contribution in [0.1, 0.15) is 24.5 Å². The van der Waals surface area contributed by atoms with Crippen molar-refractivity contribution in [3.63, 3.8) is 0 Å². The van der Waals surface area contributed by atoms with E-state index in [4.69, 9.17) is 5.11 Å². The SMILES string of the molecule is CC(C)Cn1c(C(=O)O)nc2cccnc21. The molecule has 0 spiro atoms. The van der Waals surface area contributed by atoms with Gasteiger partial charge in [0.2, 0.25) is 5.82 Å². The Hall–Kier alpha value is -1.91. The minimum atomic E-state index is -1.02. The molecule has 0 saturated carbocycles. The highest BCUT2D eigenvalue weighted by Gasteiger charge is 2.17. The summed E-state index contributed by atoms with van der Waals surface area (Å²) in [5.41, 5.74) is 1.26. The summed E-state index contributed by atoms with van der Waals surface area (Å²) in [6.07, 6.45) is 1.65. The molecule has 5 heteroatoms. The van der Waals surface area contributed by atoms with Gasteiger partial charge in [0.15, 0.2) is 5.65 Å². The Labute approximate surface area is 92.8 Å². The monoisotopic (exact) mass is 219 g/mol. The van der Waals surface area contributed by atoms with Crippen LogP contribution in [0.25, 0.3) is 11.2 Å². The number of aromatic carboxylic acids is 1. The van der Waals surface area contributed by atoms with E-state index in [1.54, 1.807) is 22.9 Å². The van der Waals surface area contributed by atoms with Crippen molar-refractivity contribution in [1.82, 2.24) is 14.5 Å². The molecular weight excluding hydrogens is 206 g/mol. The average Bonchev–Trinajstić information content (AvgIpc) is 2.57. The van der Waals surface area contributed by atoms with Crippen LogP contribution < -0.4 is 0 Å². The number of carboxylic acid groups (broad SMARTS) is 1. The van der Waals surface area contributed by atoms with Gasteiger partial charge in [0, 0.05) is 12.7 Å². The largest absolute Gasteiger partial charge is 0.475 e. The van der Waals surface area contributed by atoms with Gasteiger partial charge in [-0.25, -0.2) is 14.8 Å². The molecule has 5 nitrogen and oxygen atoms in total. The Bertz CT molecular complexity index is 531. The van der Waals surface area contributed by atoms with E-state index < -0.39 is 5.97 Å². The van der Waals surface area contributed by atoms with Crippen LogP contribution in [0, 0.1) is 5.92 Å². The lowest BCUT2D eigenvalue weighted by molar-refractivity contribution is 0.0678. The van der Waals surface area contributed by atoms with Crippen LogP contribution in [0.3, 0.4) is 0 Å². The molecule has 16 heavy (non-hydrogen) atoms. The quantitative estimate of drug-likeness (QED) is 0.854. The fraction of sp³-hybridized carbons (Fsp3) is 0.364. The molecule has 0 unspecified atom stereocenters. The highest BCUT2D eigenvalue weighted by Crippen LogP contribution is 2.15. The molecule has 0 bridgehead atoms. The minimum absolute atomic E-state index is 0.0578. The maximum Gasteiger partial charge on any atom is 0.372 e. The molecule has 1 N–H and O–H groups in total. The number of aromatic nitrogens is 3. The van der Waals surface area contributed by atoms with Gasteiger partial charge in [0.05, 0.1) is 0 Å². The fourth-order valence-electron chi connectivity index (χ4n) is 1.66. The Balaban J connectivity index is 2.64. The fourth-order valence-corrected chi connectivity index (χ4v) is 1.66. The number of hydrogen-bond donors (Lipinski definition) is 1.